The van der Waals surface area contributed by atoms with E-state index in [-0.39, 0.29) is 11.1 Å². The molecule has 1 aromatic rings. The molecule has 0 radical (unpaired) electrons. The largest absolute Gasteiger partial charge is 0.417 e. The van der Waals surface area contributed by atoms with Crippen LogP contribution in [0.2, 0.25) is 0 Å². The lowest BCUT2D eigenvalue weighted by Crippen LogP contribution is -2.09. The van der Waals surface area contributed by atoms with E-state index in [0.717, 1.165) is 0 Å². The summed E-state index contributed by atoms with van der Waals surface area (Å²) in [6, 6.07) is 4.43. The lowest BCUT2D eigenvalue weighted by atomic mass is 10.0. The van der Waals surface area contributed by atoms with Gasteiger partial charge in [0.1, 0.15) is 0 Å². The molecule has 13 heavy (non-hydrogen) atoms. The minimum absolute atomic E-state index is 0.132. The van der Waals surface area contributed by atoms with Crippen molar-refractivity contribution in [2.75, 3.05) is 0 Å². The van der Waals surface area contributed by atoms with Crippen LogP contribution in [0.1, 0.15) is 16.7 Å². The molecule has 0 bridgehead atoms. The smallest absolute Gasteiger partial charge is 0.166 e. The van der Waals surface area contributed by atoms with E-state index in [2.05, 4.69) is 6.58 Å². The number of hydrogen-bond donors (Lipinski definition) is 0. The van der Waals surface area contributed by atoms with E-state index < -0.39 is 11.7 Å². The SMILES string of the molecule is C=Cc1cccc(C)c1C(F)(F)F. The Morgan fingerprint density at radius 1 is 1.31 bits per heavy atom. The van der Waals surface area contributed by atoms with Crippen molar-refractivity contribution in [2.45, 2.75) is 13.1 Å². The van der Waals surface area contributed by atoms with Gasteiger partial charge in [0, 0.05) is 0 Å². The van der Waals surface area contributed by atoms with Gasteiger partial charge in [-0.15, -0.1) is 0 Å². The second-order valence-corrected chi connectivity index (χ2v) is 2.74. The van der Waals surface area contributed by atoms with E-state index in [4.69, 9.17) is 0 Å². The van der Waals surface area contributed by atoms with Crippen LogP contribution in [0.25, 0.3) is 6.08 Å². The van der Waals surface area contributed by atoms with Gasteiger partial charge < -0.3 is 0 Å². The molecule has 1 rings (SSSR count). The van der Waals surface area contributed by atoms with Crippen molar-refractivity contribution in [3.05, 3.63) is 41.5 Å². The first-order valence-corrected chi connectivity index (χ1v) is 3.76. The molecular weight excluding hydrogens is 177 g/mol. The van der Waals surface area contributed by atoms with Crippen molar-refractivity contribution in [1.82, 2.24) is 0 Å². The maximum absolute atomic E-state index is 12.4. The summed E-state index contributed by atoms with van der Waals surface area (Å²) in [5.74, 6) is 0. The van der Waals surface area contributed by atoms with Crippen LogP contribution >= 0.6 is 0 Å². The maximum Gasteiger partial charge on any atom is 0.417 e. The Labute approximate surface area is 74.7 Å². The van der Waals surface area contributed by atoms with E-state index in [9.17, 15) is 13.2 Å². The fraction of sp³-hybridized carbons (Fsp3) is 0.200. The number of aryl methyl sites for hydroxylation is 1. The second-order valence-electron chi connectivity index (χ2n) is 2.74. The van der Waals surface area contributed by atoms with Gasteiger partial charge in [0.05, 0.1) is 5.56 Å². The third-order valence-electron chi connectivity index (χ3n) is 1.81. The van der Waals surface area contributed by atoms with Gasteiger partial charge in [-0.3, -0.25) is 0 Å². The lowest BCUT2D eigenvalue weighted by Gasteiger charge is -2.12. The highest BCUT2D eigenvalue weighted by molar-refractivity contribution is 5.55. The van der Waals surface area contributed by atoms with Crippen molar-refractivity contribution < 1.29 is 13.2 Å². The number of hydrogen-bond acceptors (Lipinski definition) is 0. The molecule has 0 heterocycles. The molecule has 0 aromatic heterocycles. The molecule has 1 aromatic carbocycles. The summed E-state index contributed by atoms with van der Waals surface area (Å²) in [5.41, 5.74) is -0.234. The quantitative estimate of drug-likeness (QED) is 0.627. The molecule has 70 valence electrons. The molecule has 0 unspecified atom stereocenters. The van der Waals surface area contributed by atoms with Gasteiger partial charge in [0.25, 0.3) is 0 Å². The predicted octanol–water partition coefficient (Wildman–Crippen LogP) is 3.66. The predicted molar refractivity (Wildman–Crippen MR) is 46.3 cm³/mol. The van der Waals surface area contributed by atoms with Crippen LogP contribution in [0, 0.1) is 6.92 Å². The zero-order valence-corrected chi connectivity index (χ0v) is 7.15. The topological polar surface area (TPSA) is 0 Å². The summed E-state index contributed by atoms with van der Waals surface area (Å²) < 4.78 is 37.3. The van der Waals surface area contributed by atoms with Gasteiger partial charge in [-0.05, 0) is 18.1 Å². The van der Waals surface area contributed by atoms with E-state index in [0.29, 0.717) is 0 Å². The molecule has 0 aliphatic carbocycles. The van der Waals surface area contributed by atoms with Crippen molar-refractivity contribution >= 4 is 6.08 Å². The van der Waals surface area contributed by atoms with Crippen molar-refractivity contribution in [2.24, 2.45) is 0 Å². The summed E-state index contributed by atoms with van der Waals surface area (Å²) in [5, 5.41) is 0. The van der Waals surface area contributed by atoms with Gasteiger partial charge in [-0.2, -0.15) is 13.2 Å². The number of halogens is 3. The average molecular weight is 186 g/mol. The minimum Gasteiger partial charge on any atom is -0.166 e. The van der Waals surface area contributed by atoms with Gasteiger partial charge in [0.15, 0.2) is 0 Å². The van der Waals surface area contributed by atoms with Crippen molar-refractivity contribution in [1.29, 1.82) is 0 Å². The highest BCUT2D eigenvalue weighted by Crippen LogP contribution is 2.34. The summed E-state index contributed by atoms with van der Waals surface area (Å²) in [6.07, 6.45) is -3.08. The summed E-state index contributed by atoms with van der Waals surface area (Å²) in [4.78, 5) is 0. The molecule has 0 atom stereocenters. The van der Waals surface area contributed by atoms with E-state index >= 15 is 0 Å². The third-order valence-corrected chi connectivity index (χ3v) is 1.81. The fourth-order valence-corrected chi connectivity index (χ4v) is 1.25. The van der Waals surface area contributed by atoms with E-state index in [1.54, 1.807) is 6.07 Å². The first-order valence-electron chi connectivity index (χ1n) is 3.76. The molecule has 0 spiro atoms. The van der Waals surface area contributed by atoms with E-state index in [1.807, 2.05) is 0 Å². The monoisotopic (exact) mass is 186 g/mol. The van der Waals surface area contributed by atoms with Crippen LogP contribution < -0.4 is 0 Å². The Morgan fingerprint density at radius 3 is 2.31 bits per heavy atom. The second kappa shape index (κ2) is 3.24. The number of alkyl halides is 3. The molecule has 0 N–H and O–H groups in total. The highest BCUT2D eigenvalue weighted by Gasteiger charge is 2.34. The number of rotatable bonds is 1. The minimum atomic E-state index is -4.30. The van der Waals surface area contributed by atoms with E-state index in [1.165, 1.54) is 25.1 Å². The maximum atomic E-state index is 12.4. The Hall–Kier alpha value is -1.25. The molecule has 0 fully saturated rings. The zero-order valence-electron chi connectivity index (χ0n) is 7.15. The average Bonchev–Trinajstić information content (AvgIpc) is 2.01. The first-order chi connectivity index (χ1) is 5.96. The molecule has 0 aliphatic rings. The summed E-state index contributed by atoms with van der Waals surface area (Å²) >= 11 is 0. The zero-order chi connectivity index (χ0) is 10.1. The first kappa shape index (κ1) is 9.84. The van der Waals surface area contributed by atoms with Gasteiger partial charge >= 0.3 is 6.18 Å². The Bertz CT molecular complexity index is 323. The molecule has 0 saturated heterocycles. The Balaban J connectivity index is 3.40. The van der Waals surface area contributed by atoms with Crippen LogP contribution in [-0.2, 0) is 6.18 Å². The van der Waals surface area contributed by atoms with Crippen LogP contribution in [-0.4, -0.2) is 0 Å². The molecular formula is C10H9F3. The molecule has 3 heteroatoms. The van der Waals surface area contributed by atoms with Crippen LogP contribution in [0.5, 0.6) is 0 Å². The normalized spacial score (nSPS) is 11.4. The third kappa shape index (κ3) is 1.91. The van der Waals surface area contributed by atoms with Crippen molar-refractivity contribution in [3.63, 3.8) is 0 Å². The molecule has 0 saturated carbocycles. The van der Waals surface area contributed by atoms with Crippen molar-refractivity contribution in [3.8, 4) is 0 Å². The summed E-state index contributed by atoms with van der Waals surface area (Å²) in [6.45, 7) is 4.79. The Kier molecular flexibility index (Phi) is 2.45. The number of benzene rings is 1. The highest BCUT2D eigenvalue weighted by atomic mass is 19.4. The molecule has 0 nitrogen and oxygen atoms in total. The van der Waals surface area contributed by atoms with Crippen LogP contribution in [0.4, 0.5) is 13.2 Å². The van der Waals surface area contributed by atoms with Gasteiger partial charge in [-0.25, -0.2) is 0 Å². The van der Waals surface area contributed by atoms with Crippen LogP contribution in [0.15, 0.2) is 24.8 Å². The lowest BCUT2D eigenvalue weighted by molar-refractivity contribution is -0.138. The standard InChI is InChI=1S/C10H9F3/c1-3-8-6-4-5-7(2)9(8)10(11,12)13/h3-6H,1H2,2H3. The fourth-order valence-electron chi connectivity index (χ4n) is 1.25. The van der Waals surface area contributed by atoms with Crippen LogP contribution in [0.3, 0.4) is 0 Å². The Morgan fingerprint density at radius 2 is 1.92 bits per heavy atom. The van der Waals surface area contributed by atoms with Gasteiger partial charge in [-0.1, -0.05) is 30.9 Å². The molecule has 0 aliphatic heterocycles. The molecule has 0 amide bonds. The van der Waals surface area contributed by atoms with Gasteiger partial charge in [0.2, 0.25) is 0 Å². The summed E-state index contributed by atoms with van der Waals surface area (Å²) in [7, 11) is 0.